The van der Waals surface area contributed by atoms with Gasteiger partial charge in [-0.05, 0) is 19.5 Å². The predicted molar refractivity (Wildman–Crippen MR) is 60.2 cm³/mol. The molecule has 1 aromatic heterocycles. The highest BCUT2D eigenvalue weighted by molar-refractivity contribution is 5.36. The number of rotatable bonds is 6. The Labute approximate surface area is 90.3 Å². The Kier molecular flexibility index (Phi) is 4.83. The molecule has 0 spiro atoms. The van der Waals surface area contributed by atoms with Crippen LogP contribution in [0.1, 0.15) is 6.92 Å². The lowest BCUT2D eigenvalue weighted by molar-refractivity contribution is 0.397. The summed E-state index contributed by atoms with van der Waals surface area (Å²) < 4.78 is 5.01. The fourth-order valence-electron chi connectivity index (χ4n) is 1.25. The smallest absolute Gasteiger partial charge is 0.218 e. The van der Waals surface area contributed by atoms with Crippen molar-refractivity contribution < 1.29 is 4.74 Å². The minimum Gasteiger partial charge on any atom is -0.481 e. The van der Waals surface area contributed by atoms with Crippen LogP contribution in [0, 0.1) is 5.92 Å². The second-order valence-corrected chi connectivity index (χ2v) is 3.49. The monoisotopic (exact) mass is 210 g/mol. The van der Waals surface area contributed by atoms with E-state index in [4.69, 9.17) is 4.74 Å². The number of methoxy groups -OCH3 is 1. The van der Waals surface area contributed by atoms with E-state index in [-0.39, 0.29) is 0 Å². The maximum absolute atomic E-state index is 5.01. The molecule has 84 valence electrons. The zero-order valence-corrected chi connectivity index (χ0v) is 9.45. The van der Waals surface area contributed by atoms with Gasteiger partial charge in [0.15, 0.2) is 0 Å². The van der Waals surface area contributed by atoms with E-state index in [1.54, 1.807) is 13.2 Å². The van der Waals surface area contributed by atoms with Crippen LogP contribution in [0.4, 0.5) is 5.82 Å². The Morgan fingerprint density at radius 3 is 2.87 bits per heavy atom. The number of aromatic nitrogens is 2. The number of hydrogen-bond donors (Lipinski definition) is 2. The van der Waals surface area contributed by atoms with Gasteiger partial charge in [-0.25, -0.2) is 9.97 Å². The Balaban J connectivity index is 2.43. The lowest BCUT2D eigenvalue weighted by Gasteiger charge is -2.12. The molecular weight excluding hydrogens is 192 g/mol. The Bertz CT molecular complexity index is 293. The molecule has 1 unspecified atom stereocenters. The van der Waals surface area contributed by atoms with E-state index in [2.05, 4.69) is 27.5 Å². The average Bonchev–Trinajstić information content (AvgIpc) is 2.27. The highest BCUT2D eigenvalue weighted by Crippen LogP contribution is 2.10. The van der Waals surface area contributed by atoms with Gasteiger partial charge in [-0.3, -0.25) is 0 Å². The van der Waals surface area contributed by atoms with Gasteiger partial charge < -0.3 is 15.4 Å². The molecular formula is C10H18N4O. The van der Waals surface area contributed by atoms with E-state index >= 15 is 0 Å². The minimum absolute atomic E-state index is 0.552. The summed E-state index contributed by atoms with van der Waals surface area (Å²) in [6.45, 7) is 4.03. The third-order valence-electron chi connectivity index (χ3n) is 2.04. The number of nitrogens with one attached hydrogen (secondary N) is 2. The van der Waals surface area contributed by atoms with Crippen molar-refractivity contribution in [1.82, 2.24) is 15.3 Å². The molecule has 1 aromatic rings. The van der Waals surface area contributed by atoms with Gasteiger partial charge in [0, 0.05) is 12.6 Å². The van der Waals surface area contributed by atoms with Crippen LogP contribution in [-0.2, 0) is 0 Å². The molecule has 0 fully saturated rings. The lowest BCUT2D eigenvalue weighted by atomic mass is 10.2. The molecule has 1 rings (SSSR count). The molecule has 0 aliphatic heterocycles. The van der Waals surface area contributed by atoms with Crippen LogP contribution in [0.25, 0.3) is 0 Å². The average molecular weight is 210 g/mol. The van der Waals surface area contributed by atoms with Crippen LogP contribution < -0.4 is 15.4 Å². The van der Waals surface area contributed by atoms with E-state index < -0.39 is 0 Å². The van der Waals surface area contributed by atoms with Gasteiger partial charge in [-0.15, -0.1) is 0 Å². The first-order chi connectivity index (χ1) is 7.26. The van der Waals surface area contributed by atoms with Gasteiger partial charge in [0.1, 0.15) is 12.1 Å². The van der Waals surface area contributed by atoms with Crippen molar-refractivity contribution in [3.8, 4) is 5.88 Å². The summed E-state index contributed by atoms with van der Waals surface area (Å²) in [6, 6.07) is 1.78. The summed E-state index contributed by atoms with van der Waals surface area (Å²) >= 11 is 0. The third-order valence-corrected chi connectivity index (χ3v) is 2.04. The molecule has 0 saturated heterocycles. The van der Waals surface area contributed by atoms with E-state index in [1.165, 1.54) is 6.33 Å². The Hall–Kier alpha value is -1.36. The molecule has 0 aliphatic carbocycles. The van der Waals surface area contributed by atoms with Crippen LogP contribution in [0.15, 0.2) is 12.4 Å². The molecule has 2 N–H and O–H groups in total. The standard InChI is InChI=1S/C10H18N4O/c1-8(5-11-2)6-12-9-4-10(15-3)14-7-13-9/h4,7-8,11H,5-6H2,1-3H3,(H,12,13,14). The highest BCUT2D eigenvalue weighted by atomic mass is 16.5. The summed E-state index contributed by atoms with van der Waals surface area (Å²) in [7, 11) is 3.54. The molecule has 1 heterocycles. The first-order valence-electron chi connectivity index (χ1n) is 5.00. The molecule has 0 radical (unpaired) electrons. The normalized spacial score (nSPS) is 12.2. The topological polar surface area (TPSA) is 59.1 Å². The van der Waals surface area contributed by atoms with E-state index in [0.717, 1.165) is 18.9 Å². The maximum atomic E-state index is 5.01. The Morgan fingerprint density at radius 1 is 1.40 bits per heavy atom. The zero-order valence-electron chi connectivity index (χ0n) is 9.45. The lowest BCUT2D eigenvalue weighted by Crippen LogP contribution is -2.23. The second-order valence-electron chi connectivity index (χ2n) is 3.49. The molecule has 0 bridgehead atoms. The fourth-order valence-corrected chi connectivity index (χ4v) is 1.25. The van der Waals surface area contributed by atoms with Gasteiger partial charge >= 0.3 is 0 Å². The van der Waals surface area contributed by atoms with Crippen molar-refractivity contribution >= 4 is 5.82 Å². The molecule has 15 heavy (non-hydrogen) atoms. The van der Waals surface area contributed by atoms with Gasteiger partial charge in [-0.2, -0.15) is 0 Å². The second kappa shape index (κ2) is 6.19. The SMILES string of the molecule is CNCC(C)CNc1cc(OC)ncn1. The molecule has 0 aromatic carbocycles. The predicted octanol–water partition coefficient (Wildman–Crippen LogP) is 0.753. The van der Waals surface area contributed by atoms with Crippen LogP contribution in [-0.4, -0.2) is 37.2 Å². The van der Waals surface area contributed by atoms with Crippen molar-refractivity contribution in [1.29, 1.82) is 0 Å². The number of nitrogens with zero attached hydrogens (tertiary/aromatic N) is 2. The van der Waals surface area contributed by atoms with Crippen LogP contribution >= 0.6 is 0 Å². The summed E-state index contributed by atoms with van der Waals surface area (Å²) in [5, 5.41) is 6.36. The molecule has 0 saturated carbocycles. The van der Waals surface area contributed by atoms with E-state index in [1.807, 2.05) is 7.05 Å². The summed E-state index contributed by atoms with van der Waals surface area (Å²) in [5.74, 6) is 1.93. The van der Waals surface area contributed by atoms with E-state index in [0.29, 0.717) is 11.8 Å². The summed E-state index contributed by atoms with van der Waals surface area (Å²) in [6.07, 6.45) is 1.49. The fraction of sp³-hybridized carbons (Fsp3) is 0.600. The highest BCUT2D eigenvalue weighted by Gasteiger charge is 2.02. The van der Waals surface area contributed by atoms with Crippen LogP contribution in [0.5, 0.6) is 5.88 Å². The van der Waals surface area contributed by atoms with Crippen molar-refractivity contribution in [2.75, 3.05) is 32.6 Å². The van der Waals surface area contributed by atoms with Gasteiger partial charge in [0.2, 0.25) is 5.88 Å². The van der Waals surface area contributed by atoms with Gasteiger partial charge in [-0.1, -0.05) is 6.92 Å². The van der Waals surface area contributed by atoms with Crippen LogP contribution in [0.3, 0.4) is 0 Å². The van der Waals surface area contributed by atoms with Gasteiger partial charge in [0.05, 0.1) is 7.11 Å². The molecule has 1 atom stereocenters. The molecule has 5 heteroatoms. The number of hydrogen-bond acceptors (Lipinski definition) is 5. The molecule has 5 nitrogen and oxygen atoms in total. The minimum atomic E-state index is 0.552. The summed E-state index contributed by atoms with van der Waals surface area (Å²) in [4.78, 5) is 8.03. The quantitative estimate of drug-likeness (QED) is 0.725. The van der Waals surface area contributed by atoms with Gasteiger partial charge in [0.25, 0.3) is 0 Å². The maximum Gasteiger partial charge on any atom is 0.218 e. The van der Waals surface area contributed by atoms with Crippen LogP contribution in [0.2, 0.25) is 0 Å². The Morgan fingerprint density at radius 2 is 2.20 bits per heavy atom. The summed E-state index contributed by atoms with van der Waals surface area (Å²) in [5.41, 5.74) is 0. The van der Waals surface area contributed by atoms with E-state index in [9.17, 15) is 0 Å². The molecule has 0 aliphatic rings. The van der Waals surface area contributed by atoms with Crippen molar-refractivity contribution in [3.05, 3.63) is 12.4 Å². The largest absolute Gasteiger partial charge is 0.481 e. The zero-order chi connectivity index (χ0) is 11.1. The first kappa shape index (κ1) is 11.7. The van der Waals surface area contributed by atoms with Crippen molar-refractivity contribution in [3.63, 3.8) is 0 Å². The van der Waals surface area contributed by atoms with Crippen molar-refractivity contribution in [2.45, 2.75) is 6.92 Å². The molecule has 0 amide bonds. The third kappa shape index (κ3) is 4.12. The first-order valence-corrected chi connectivity index (χ1v) is 5.00. The number of ether oxygens (including phenoxy) is 1. The van der Waals surface area contributed by atoms with Crippen molar-refractivity contribution in [2.24, 2.45) is 5.92 Å². The number of anilines is 1.